The zero-order valence-electron chi connectivity index (χ0n) is 11.5. The Kier molecular flexibility index (Phi) is 4.48. The minimum atomic E-state index is -0.619. The van der Waals surface area contributed by atoms with E-state index in [1.165, 1.54) is 6.07 Å². The number of phenols is 2. The fourth-order valence-electron chi connectivity index (χ4n) is 2.16. The predicted octanol–water partition coefficient (Wildman–Crippen LogP) is 3.80. The molecule has 0 aliphatic heterocycles. The Labute approximate surface area is 127 Å². The van der Waals surface area contributed by atoms with Crippen LogP contribution in [0.15, 0.2) is 23.3 Å². The lowest BCUT2D eigenvalue weighted by atomic mass is 9.91. The molecule has 1 aromatic rings. The van der Waals surface area contributed by atoms with Crippen molar-refractivity contribution in [2.75, 3.05) is 0 Å². The van der Waals surface area contributed by atoms with E-state index < -0.39 is 17.3 Å². The number of hydrogen-bond acceptors (Lipinski definition) is 4. The second kappa shape index (κ2) is 6.14. The molecule has 0 aromatic heterocycles. The lowest BCUT2D eigenvalue weighted by molar-refractivity contribution is 0.0987. The van der Waals surface area contributed by atoms with Gasteiger partial charge in [0.2, 0.25) is 5.78 Å². The van der Waals surface area contributed by atoms with Gasteiger partial charge in [-0.3, -0.25) is 9.59 Å². The van der Waals surface area contributed by atoms with Gasteiger partial charge in [-0.2, -0.15) is 0 Å². The van der Waals surface area contributed by atoms with Crippen molar-refractivity contribution in [3.05, 3.63) is 39.9 Å². The first kappa shape index (κ1) is 15.3. The first-order valence-corrected chi connectivity index (χ1v) is 7.06. The van der Waals surface area contributed by atoms with Crippen LogP contribution in [0.1, 0.15) is 52.5 Å². The van der Waals surface area contributed by atoms with Crippen LogP contribution in [0, 0.1) is 0 Å². The smallest absolute Gasteiger partial charge is 0.208 e. The quantitative estimate of drug-likeness (QED) is 0.830. The number of aromatic hydroxyl groups is 2. The molecule has 4 nitrogen and oxygen atoms in total. The van der Waals surface area contributed by atoms with Crippen LogP contribution in [0.5, 0.6) is 11.5 Å². The minimum Gasteiger partial charge on any atom is -0.507 e. The molecule has 1 aromatic carbocycles. The van der Waals surface area contributed by atoms with Crippen LogP contribution in [-0.4, -0.2) is 21.8 Å². The highest BCUT2D eigenvalue weighted by Crippen LogP contribution is 2.38. The summed E-state index contributed by atoms with van der Waals surface area (Å²) in [4.78, 5) is 23.8. The van der Waals surface area contributed by atoms with Crippen LogP contribution < -0.4 is 0 Å². The molecule has 0 saturated carbocycles. The molecule has 5 heteroatoms. The lowest BCUT2D eigenvalue weighted by Crippen LogP contribution is -2.15. The molecule has 0 radical (unpaired) electrons. The molecule has 0 bridgehead atoms. The number of halogens is 1. The zero-order chi connectivity index (χ0) is 15.6. The van der Waals surface area contributed by atoms with Gasteiger partial charge in [0.05, 0.1) is 16.2 Å². The number of unbranched alkanes of at least 4 members (excludes halogenated alkanes) is 2. The Morgan fingerprint density at radius 3 is 2.67 bits per heavy atom. The average molecular weight is 307 g/mol. The highest BCUT2D eigenvalue weighted by atomic mass is 35.5. The maximum absolute atomic E-state index is 12.0. The van der Waals surface area contributed by atoms with Crippen LogP contribution in [0.4, 0.5) is 0 Å². The summed E-state index contributed by atoms with van der Waals surface area (Å²) < 4.78 is 0. The summed E-state index contributed by atoms with van der Waals surface area (Å²) in [6.45, 7) is 2.06. The average Bonchev–Trinajstić information content (AvgIpc) is 2.43. The second-order valence-corrected chi connectivity index (χ2v) is 5.22. The van der Waals surface area contributed by atoms with Crippen molar-refractivity contribution in [1.82, 2.24) is 0 Å². The third-order valence-corrected chi connectivity index (χ3v) is 3.58. The first-order chi connectivity index (χ1) is 9.97. The van der Waals surface area contributed by atoms with E-state index in [9.17, 15) is 19.8 Å². The topological polar surface area (TPSA) is 74.6 Å². The van der Waals surface area contributed by atoms with Gasteiger partial charge >= 0.3 is 0 Å². The highest BCUT2D eigenvalue weighted by molar-refractivity contribution is 6.49. The Balaban J connectivity index is 2.51. The summed E-state index contributed by atoms with van der Waals surface area (Å²) >= 11 is 5.70. The Morgan fingerprint density at radius 1 is 1.29 bits per heavy atom. The monoisotopic (exact) mass is 306 g/mol. The van der Waals surface area contributed by atoms with E-state index in [0.29, 0.717) is 0 Å². The van der Waals surface area contributed by atoms with E-state index in [1.54, 1.807) is 12.2 Å². The molecular formula is C16H15ClO4. The third-order valence-electron chi connectivity index (χ3n) is 3.29. The maximum Gasteiger partial charge on any atom is 0.208 e. The molecule has 0 unspecified atom stereocenters. The van der Waals surface area contributed by atoms with Gasteiger partial charge in [0, 0.05) is 11.6 Å². The number of Topliss-reactive ketones (excluding diaryl/α,β-unsaturated/α-hetero) is 1. The van der Waals surface area contributed by atoms with E-state index in [0.717, 1.165) is 25.3 Å². The summed E-state index contributed by atoms with van der Waals surface area (Å²) in [6.07, 6.45) is 7.14. The predicted molar refractivity (Wildman–Crippen MR) is 80.9 cm³/mol. The molecule has 0 spiro atoms. The molecule has 2 rings (SSSR count). The number of allylic oxidation sites excluding steroid dienone is 3. The van der Waals surface area contributed by atoms with Gasteiger partial charge in [-0.05, 0) is 12.5 Å². The molecule has 21 heavy (non-hydrogen) atoms. The summed E-state index contributed by atoms with van der Waals surface area (Å²) in [6, 6.07) is 1.19. The van der Waals surface area contributed by atoms with Gasteiger partial charge in [-0.15, -0.1) is 0 Å². The summed E-state index contributed by atoms with van der Waals surface area (Å²) in [5.74, 6) is -1.79. The van der Waals surface area contributed by atoms with Crippen molar-refractivity contribution in [2.45, 2.75) is 26.2 Å². The number of carbonyl (C=O) groups is 2. The van der Waals surface area contributed by atoms with Crippen LogP contribution in [-0.2, 0) is 0 Å². The molecule has 0 heterocycles. The molecule has 1 aliphatic rings. The van der Waals surface area contributed by atoms with E-state index in [4.69, 9.17) is 11.6 Å². The second-order valence-electron chi connectivity index (χ2n) is 4.81. The fourth-order valence-corrected chi connectivity index (χ4v) is 2.35. The molecule has 0 amide bonds. The summed E-state index contributed by atoms with van der Waals surface area (Å²) in [5, 5.41) is 19.9. The van der Waals surface area contributed by atoms with Gasteiger partial charge in [0.25, 0.3) is 0 Å². The van der Waals surface area contributed by atoms with E-state index in [2.05, 4.69) is 6.92 Å². The van der Waals surface area contributed by atoms with Crippen molar-refractivity contribution < 1.29 is 19.8 Å². The first-order valence-electron chi connectivity index (χ1n) is 6.69. The third kappa shape index (κ3) is 2.85. The van der Waals surface area contributed by atoms with Crippen LogP contribution >= 0.6 is 11.6 Å². The molecular weight excluding hydrogens is 292 g/mol. The number of benzene rings is 1. The lowest BCUT2D eigenvalue weighted by Gasteiger charge is -2.15. The van der Waals surface area contributed by atoms with Crippen molar-refractivity contribution in [3.8, 4) is 11.5 Å². The highest BCUT2D eigenvalue weighted by Gasteiger charge is 2.30. The number of phenolic OH excluding ortho intramolecular Hbond substituents is 2. The van der Waals surface area contributed by atoms with Gasteiger partial charge in [0.1, 0.15) is 11.5 Å². The van der Waals surface area contributed by atoms with Crippen molar-refractivity contribution >= 4 is 29.2 Å². The molecule has 0 saturated heterocycles. The van der Waals surface area contributed by atoms with Gasteiger partial charge in [-0.25, -0.2) is 0 Å². The van der Waals surface area contributed by atoms with Crippen LogP contribution in [0.2, 0.25) is 0 Å². The molecule has 2 N–H and O–H groups in total. The van der Waals surface area contributed by atoms with Gasteiger partial charge in [0.15, 0.2) is 5.78 Å². The standard InChI is InChI=1S/C16H15ClO4/c1-2-3-4-5-6-9-12(18)7-10-13(19)8-11(17)16(21)14(10)15(9)20/h5-8,18,20H,2-4H2,1H3/b6-5+. The Bertz CT molecular complexity index is 671. The summed E-state index contributed by atoms with van der Waals surface area (Å²) in [7, 11) is 0. The largest absolute Gasteiger partial charge is 0.507 e. The number of rotatable bonds is 4. The number of hydrogen-bond donors (Lipinski definition) is 2. The fraction of sp³-hybridized carbons (Fsp3) is 0.250. The SMILES string of the molecule is CCCC/C=C/c1c(O)cc2c(c1O)C(=O)C(Cl)=CC2=O. The van der Waals surface area contributed by atoms with Crippen molar-refractivity contribution in [3.63, 3.8) is 0 Å². The van der Waals surface area contributed by atoms with E-state index in [1.807, 2.05) is 0 Å². The summed E-state index contributed by atoms with van der Waals surface area (Å²) in [5.41, 5.74) is -0.0667. The van der Waals surface area contributed by atoms with Gasteiger partial charge < -0.3 is 10.2 Å². The van der Waals surface area contributed by atoms with Crippen molar-refractivity contribution in [2.24, 2.45) is 0 Å². The Morgan fingerprint density at radius 2 is 2.00 bits per heavy atom. The number of carbonyl (C=O) groups excluding carboxylic acids is 2. The number of ketones is 2. The van der Waals surface area contributed by atoms with E-state index >= 15 is 0 Å². The van der Waals surface area contributed by atoms with Crippen LogP contribution in [0.3, 0.4) is 0 Å². The normalized spacial score (nSPS) is 14.5. The molecule has 0 atom stereocenters. The van der Waals surface area contributed by atoms with E-state index in [-0.39, 0.29) is 27.5 Å². The molecule has 0 fully saturated rings. The maximum atomic E-state index is 12.0. The van der Waals surface area contributed by atoms with Gasteiger partial charge in [-0.1, -0.05) is 43.5 Å². The number of fused-ring (bicyclic) bond motifs is 1. The molecule has 1 aliphatic carbocycles. The van der Waals surface area contributed by atoms with Crippen LogP contribution in [0.25, 0.3) is 6.08 Å². The van der Waals surface area contributed by atoms with Crippen molar-refractivity contribution in [1.29, 1.82) is 0 Å². The zero-order valence-corrected chi connectivity index (χ0v) is 12.3. The molecule has 110 valence electrons. The minimum absolute atomic E-state index is 0.0369. The Hall–Kier alpha value is -2.07.